The van der Waals surface area contributed by atoms with Crippen LogP contribution in [0, 0.1) is 11.6 Å². The van der Waals surface area contributed by atoms with Crippen molar-refractivity contribution in [3.05, 3.63) is 59.3 Å². The van der Waals surface area contributed by atoms with Crippen LogP contribution in [-0.2, 0) is 20.9 Å². The topological polar surface area (TPSA) is 125 Å². The Bertz CT molecular complexity index is 860. The number of hydrogen-bond acceptors (Lipinski definition) is 5. The summed E-state index contributed by atoms with van der Waals surface area (Å²) in [6.45, 7) is 2.12. The molecule has 0 aliphatic heterocycles. The molecule has 1 unspecified atom stereocenters. The third-order valence-electron chi connectivity index (χ3n) is 3.98. The van der Waals surface area contributed by atoms with Crippen LogP contribution < -0.4 is 11.1 Å². The molecule has 0 saturated heterocycles. The molecule has 1 rings (SSSR count). The predicted molar refractivity (Wildman–Crippen MR) is 112 cm³/mol. The van der Waals surface area contributed by atoms with Crippen LogP contribution in [-0.4, -0.2) is 53.6 Å². The van der Waals surface area contributed by atoms with E-state index in [1.54, 1.807) is 18.9 Å². The van der Waals surface area contributed by atoms with Crippen LogP contribution in [0.3, 0.4) is 0 Å². The first-order valence-electron chi connectivity index (χ1n) is 9.41. The van der Waals surface area contributed by atoms with Gasteiger partial charge in [0.05, 0.1) is 11.4 Å². The molecule has 1 aromatic rings. The number of aldehydes is 1. The molecule has 10 heteroatoms. The smallest absolute Gasteiger partial charge is 0.326 e. The predicted octanol–water partition coefficient (Wildman–Crippen LogP) is 1.76. The molecule has 1 aromatic carbocycles. The van der Waals surface area contributed by atoms with Crippen LogP contribution >= 0.6 is 0 Å². The van der Waals surface area contributed by atoms with Crippen molar-refractivity contribution >= 4 is 24.0 Å². The average molecular weight is 436 g/mol. The number of carbonyl (C=O) groups is 3. The van der Waals surface area contributed by atoms with E-state index in [1.807, 2.05) is 0 Å². The Morgan fingerprint density at radius 1 is 1.29 bits per heavy atom. The number of halogens is 2. The first-order valence-corrected chi connectivity index (χ1v) is 9.41. The number of carboxylic acids is 1. The van der Waals surface area contributed by atoms with Crippen LogP contribution in [0.25, 0.3) is 0 Å². The molecule has 31 heavy (non-hydrogen) atoms. The van der Waals surface area contributed by atoms with Gasteiger partial charge >= 0.3 is 5.97 Å². The van der Waals surface area contributed by atoms with E-state index in [1.165, 1.54) is 30.5 Å². The minimum absolute atomic E-state index is 0.118. The average Bonchev–Trinajstić information content (AvgIpc) is 2.66. The van der Waals surface area contributed by atoms with Gasteiger partial charge in [-0.25, -0.2) is 13.6 Å². The van der Waals surface area contributed by atoms with E-state index in [0.29, 0.717) is 30.7 Å². The maximum absolute atomic E-state index is 13.2. The molecule has 168 valence electrons. The molecule has 1 amide bonds. The zero-order valence-electron chi connectivity index (χ0n) is 17.3. The number of hydrogen-bond donors (Lipinski definition) is 3. The molecule has 8 nitrogen and oxygen atoms in total. The second-order valence-corrected chi connectivity index (χ2v) is 6.80. The van der Waals surface area contributed by atoms with Gasteiger partial charge in [-0.1, -0.05) is 0 Å². The molecule has 0 aromatic heterocycles. The van der Waals surface area contributed by atoms with Crippen molar-refractivity contribution in [3.8, 4) is 0 Å². The minimum Gasteiger partial charge on any atom is -0.480 e. The van der Waals surface area contributed by atoms with Gasteiger partial charge in [-0.3, -0.25) is 14.6 Å². The number of nitrogens with zero attached hydrogens (tertiary/aromatic N) is 2. The number of benzene rings is 1. The van der Waals surface area contributed by atoms with Crippen molar-refractivity contribution in [2.45, 2.75) is 32.4 Å². The lowest BCUT2D eigenvalue weighted by Gasteiger charge is -2.14. The normalized spacial score (nSPS) is 13.2. The largest absolute Gasteiger partial charge is 0.480 e. The van der Waals surface area contributed by atoms with Crippen LogP contribution in [0.5, 0.6) is 0 Å². The number of aliphatic carboxylic acids is 1. The van der Waals surface area contributed by atoms with Gasteiger partial charge in [-0.2, -0.15) is 0 Å². The first-order chi connectivity index (χ1) is 14.6. The fraction of sp³-hybridized carbons (Fsp3) is 0.333. The molecule has 0 aliphatic rings. The van der Waals surface area contributed by atoms with Crippen molar-refractivity contribution in [1.29, 1.82) is 0 Å². The number of aliphatic imine (C=N–C) groups is 1. The molecular formula is C21H26F2N4O4. The third-order valence-corrected chi connectivity index (χ3v) is 3.98. The summed E-state index contributed by atoms with van der Waals surface area (Å²) in [5.41, 5.74) is 5.53. The van der Waals surface area contributed by atoms with Crippen molar-refractivity contribution in [3.63, 3.8) is 0 Å². The van der Waals surface area contributed by atoms with E-state index < -0.39 is 29.6 Å². The Morgan fingerprint density at radius 3 is 2.48 bits per heavy atom. The van der Waals surface area contributed by atoms with Gasteiger partial charge in [-0.05, 0) is 55.8 Å². The molecule has 1 atom stereocenters. The lowest BCUT2D eigenvalue weighted by molar-refractivity contribution is -0.141. The Kier molecular flexibility index (Phi) is 10.6. The highest BCUT2D eigenvalue weighted by atomic mass is 19.1. The number of nitrogens with two attached hydrogens (primary N) is 1. The van der Waals surface area contributed by atoms with Gasteiger partial charge in [-0.15, -0.1) is 0 Å². The van der Waals surface area contributed by atoms with Crippen molar-refractivity contribution in [1.82, 2.24) is 10.2 Å². The highest BCUT2D eigenvalue weighted by Gasteiger charge is 2.21. The van der Waals surface area contributed by atoms with E-state index in [2.05, 4.69) is 10.3 Å². The number of amidine groups is 1. The maximum Gasteiger partial charge on any atom is 0.326 e. The van der Waals surface area contributed by atoms with Crippen molar-refractivity contribution < 1.29 is 28.3 Å². The zero-order valence-corrected chi connectivity index (χ0v) is 17.3. The molecule has 0 bridgehead atoms. The fourth-order valence-corrected chi connectivity index (χ4v) is 2.55. The van der Waals surface area contributed by atoms with Gasteiger partial charge in [0.25, 0.3) is 5.91 Å². The van der Waals surface area contributed by atoms with Gasteiger partial charge in [0.15, 0.2) is 6.29 Å². The number of nitrogens with one attached hydrogen (secondary N) is 1. The van der Waals surface area contributed by atoms with E-state index in [4.69, 9.17) is 5.73 Å². The molecule has 0 spiro atoms. The second-order valence-electron chi connectivity index (χ2n) is 6.80. The standard InChI is InChI=1S/C21H26F2N4O4/c1-14(24)25-7-3-6-19(21(30)31)26-20(29)16(13-28)5-4-8-27(2)12-15-9-17(22)11-18(23)10-15/h4-5,8-11,13,19H,3,6-7,12H2,1-2H3,(H2,24,25)(H,26,29)(H,30,31)/b8-4-,16-5+. The van der Waals surface area contributed by atoms with Crippen LogP contribution in [0.4, 0.5) is 8.78 Å². The van der Waals surface area contributed by atoms with Gasteiger partial charge < -0.3 is 21.1 Å². The number of carboxylic acid groups (broad SMARTS) is 1. The highest BCUT2D eigenvalue weighted by molar-refractivity contribution is 6.11. The quantitative estimate of drug-likeness (QED) is 0.0670. The first kappa shape index (κ1) is 25.5. The summed E-state index contributed by atoms with van der Waals surface area (Å²) < 4.78 is 26.5. The number of rotatable bonds is 12. The number of carbonyl (C=O) groups excluding carboxylic acids is 2. The SMILES string of the molecule is CC(N)=NCCCC(NC(=O)/C(C=O)=C/C=C\N(C)Cc1cc(F)cc(F)c1)C(=O)O. The van der Waals surface area contributed by atoms with Gasteiger partial charge in [0.2, 0.25) is 0 Å². The molecule has 0 heterocycles. The van der Waals surface area contributed by atoms with Crippen LogP contribution in [0.2, 0.25) is 0 Å². The van der Waals surface area contributed by atoms with E-state index >= 15 is 0 Å². The molecule has 4 N–H and O–H groups in total. The lowest BCUT2D eigenvalue weighted by atomic mass is 10.1. The van der Waals surface area contributed by atoms with Gasteiger partial charge in [0.1, 0.15) is 17.7 Å². The summed E-state index contributed by atoms with van der Waals surface area (Å²) in [6.07, 6.45) is 4.92. The summed E-state index contributed by atoms with van der Waals surface area (Å²) in [5, 5.41) is 11.6. The Labute approximate surface area is 179 Å². The maximum atomic E-state index is 13.2. The Balaban J connectivity index is 2.70. The second kappa shape index (κ2) is 12.9. The van der Waals surface area contributed by atoms with Crippen molar-refractivity contribution in [2.75, 3.05) is 13.6 Å². The molecule has 0 fully saturated rings. The molecule has 0 saturated carbocycles. The Hall–Kier alpha value is -3.56. The number of allylic oxidation sites excluding steroid dienone is 2. The fourth-order valence-electron chi connectivity index (χ4n) is 2.55. The molecule has 0 aliphatic carbocycles. The third kappa shape index (κ3) is 10.2. The summed E-state index contributed by atoms with van der Waals surface area (Å²) in [7, 11) is 1.64. The van der Waals surface area contributed by atoms with Crippen molar-refractivity contribution in [2.24, 2.45) is 10.7 Å². The number of amides is 1. The van der Waals surface area contributed by atoms with Gasteiger partial charge in [0, 0.05) is 26.2 Å². The summed E-state index contributed by atoms with van der Waals surface area (Å²) in [5.74, 6) is -3.07. The monoisotopic (exact) mass is 436 g/mol. The molecular weight excluding hydrogens is 410 g/mol. The summed E-state index contributed by atoms with van der Waals surface area (Å²) >= 11 is 0. The lowest BCUT2D eigenvalue weighted by Crippen LogP contribution is -2.41. The van der Waals surface area contributed by atoms with Crippen LogP contribution in [0.1, 0.15) is 25.3 Å². The molecule has 0 radical (unpaired) electrons. The zero-order chi connectivity index (χ0) is 23.4. The van der Waals surface area contributed by atoms with E-state index in [0.717, 1.165) is 6.07 Å². The van der Waals surface area contributed by atoms with E-state index in [9.17, 15) is 28.3 Å². The summed E-state index contributed by atoms with van der Waals surface area (Å²) in [4.78, 5) is 40.3. The van der Waals surface area contributed by atoms with Crippen LogP contribution in [0.15, 0.2) is 47.1 Å². The highest BCUT2D eigenvalue weighted by Crippen LogP contribution is 2.10. The van der Waals surface area contributed by atoms with E-state index in [-0.39, 0.29) is 18.5 Å². The Morgan fingerprint density at radius 2 is 1.94 bits per heavy atom. The minimum atomic E-state index is -1.23. The summed E-state index contributed by atoms with van der Waals surface area (Å²) in [6, 6.07) is 1.98.